The molecule has 1 N–H and O–H groups in total. The van der Waals surface area contributed by atoms with Gasteiger partial charge in [-0.15, -0.1) is 0 Å². The van der Waals surface area contributed by atoms with Gasteiger partial charge in [0.05, 0.1) is 0 Å². The van der Waals surface area contributed by atoms with Crippen LogP contribution < -0.4 is 4.74 Å². The Morgan fingerprint density at radius 1 is 1.12 bits per heavy atom. The standard InChI is InChI=1S/C14H11ClO2/c15-11-6-7-13-12(8-11)14(16,9-17-13)10-4-2-1-3-5-10/h1-8,16H,9H2/t14-/m1/s1. The van der Waals surface area contributed by atoms with Crippen molar-refractivity contribution in [3.8, 4) is 5.75 Å². The monoisotopic (exact) mass is 246 g/mol. The maximum absolute atomic E-state index is 10.8. The number of benzene rings is 2. The lowest BCUT2D eigenvalue weighted by molar-refractivity contribution is 0.0560. The highest BCUT2D eigenvalue weighted by atomic mass is 35.5. The van der Waals surface area contributed by atoms with E-state index in [-0.39, 0.29) is 6.61 Å². The summed E-state index contributed by atoms with van der Waals surface area (Å²) in [5, 5.41) is 11.4. The van der Waals surface area contributed by atoms with E-state index in [1.54, 1.807) is 18.2 Å². The van der Waals surface area contributed by atoms with Crippen LogP contribution in [0.5, 0.6) is 5.75 Å². The first-order chi connectivity index (χ1) is 8.20. The van der Waals surface area contributed by atoms with E-state index in [1.165, 1.54) is 0 Å². The highest BCUT2D eigenvalue weighted by Crippen LogP contribution is 2.42. The average molecular weight is 247 g/mol. The van der Waals surface area contributed by atoms with Crippen molar-refractivity contribution in [3.63, 3.8) is 0 Å². The van der Waals surface area contributed by atoms with E-state index in [0.29, 0.717) is 10.8 Å². The van der Waals surface area contributed by atoms with Gasteiger partial charge in [0, 0.05) is 10.6 Å². The maximum atomic E-state index is 10.8. The van der Waals surface area contributed by atoms with Crippen LogP contribution in [0.3, 0.4) is 0 Å². The fourth-order valence-corrected chi connectivity index (χ4v) is 2.34. The van der Waals surface area contributed by atoms with Crippen LogP contribution in [0, 0.1) is 0 Å². The third kappa shape index (κ3) is 1.61. The Kier molecular flexibility index (Phi) is 2.35. The zero-order valence-electron chi connectivity index (χ0n) is 9.06. The van der Waals surface area contributed by atoms with Gasteiger partial charge in [-0.25, -0.2) is 0 Å². The number of ether oxygens (including phenoxy) is 1. The van der Waals surface area contributed by atoms with Crippen molar-refractivity contribution in [3.05, 3.63) is 64.7 Å². The molecule has 0 radical (unpaired) electrons. The lowest BCUT2D eigenvalue weighted by atomic mass is 9.88. The Bertz CT molecular complexity index is 553. The molecule has 2 nitrogen and oxygen atoms in total. The summed E-state index contributed by atoms with van der Waals surface area (Å²) in [5.41, 5.74) is 0.457. The highest BCUT2D eigenvalue weighted by Gasteiger charge is 2.40. The van der Waals surface area contributed by atoms with Gasteiger partial charge in [-0.3, -0.25) is 0 Å². The Balaban J connectivity index is 2.16. The fourth-order valence-electron chi connectivity index (χ4n) is 2.16. The van der Waals surface area contributed by atoms with Gasteiger partial charge >= 0.3 is 0 Å². The van der Waals surface area contributed by atoms with Crippen LogP contribution in [-0.4, -0.2) is 11.7 Å². The van der Waals surface area contributed by atoms with Crippen molar-refractivity contribution < 1.29 is 9.84 Å². The topological polar surface area (TPSA) is 29.5 Å². The Hall–Kier alpha value is -1.51. The maximum Gasteiger partial charge on any atom is 0.152 e. The van der Waals surface area contributed by atoms with Crippen molar-refractivity contribution in [1.29, 1.82) is 0 Å². The molecule has 2 aromatic rings. The smallest absolute Gasteiger partial charge is 0.152 e. The van der Waals surface area contributed by atoms with Crippen LogP contribution >= 0.6 is 11.6 Å². The van der Waals surface area contributed by atoms with Crippen LogP contribution in [0.25, 0.3) is 0 Å². The molecule has 0 saturated carbocycles. The van der Waals surface area contributed by atoms with E-state index in [4.69, 9.17) is 16.3 Å². The van der Waals surface area contributed by atoms with E-state index < -0.39 is 5.60 Å². The molecule has 0 bridgehead atoms. The first kappa shape index (κ1) is 10.6. The van der Waals surface area contributed by atoms with Gasteiger partial charge in [0.25, 0.3) is 0 Å². The molecule has 0 amide bonds. The molecule has 1 aliphatic rings. The van der Waals surface area contributed by atoms with Crippen LogP contribution in [-0.2, 0) is 5.60 Å². The second kappa shape index (κ2) is 3.76. The summed E-state index contributed by atoms with van der Waals surface area (Å²) < 4.78 is 5.51. The van der Waals surface area contributed by atoms with E-state index >= 15 is 0 Å². The highest BCUT2D eigenvalue weighted by molar-refractivity contribution is 6.30. The largest absolute Gasteiger partial charge is 0.489 e. The second-order valence-electron chi connectivity index (χ2n) is 4.16. The third-order valence-electron chi connectivity index (χ3n) is 3.08. The van der Waals surface area contributed by atoms with Gasteiger partial charge in [0.1, 0.15) is 12.4 Å². The molecule has 0 unspecified atom stereocenters. The van der Waals surface area contributed by atoms with Crippen molar-refractivity contribution >= 4 is 11.6 Å². The first-order valence-electron chi connectivity index (χ1n) is 5.41. The molecule has 17 heavy (non-hydrogen) atoms. The zero-order valence-corrected chi connectivity index (χ0v) is 9.82. The second-order valence-corrected chi connectivity index (χ2v) is 4.59. The molecule has 0 saturated heterocycles. The molecular weight excluding hydrogens is 236 g/mol. The summed E-state index contributed by atoms with van der Waals surface area (Å²) in [4.78, 5) is 0. The molecule has 3 rings (SSSR count). The number of fused-ring (bicyclic) bond motifs is 1. The normalized spacial score (nSPS) is 22.0. The summed E-state index contributed by atoms with van der Waals surface area (Å²) in [6.45, 7) is 0.229. The van der Waals surface area contributed by atoms with Crippen molar-refractivity contribution in [1.82, 2.24) is 0 Å². The Morgan fingerprint density at radius 2 is 1.88 bits per heavy atom. The minimum Gasteiger partial charge on any atom is -0.489 e. The molecule has 1 aliphatic heterocycles. The third-order valence-corrected chi connectivity index (χ3v) is 3.31. The molecule has 1 heterocycles. The molecule has 86 valence electrons. The number of aliphatic hydroxyl groups is 1. The number of hydrogen-bond donors (Lipinski definition) is 1. The van der Waals surface area contributed by atoms with Gasteiger partial charge < -0.3 is 9.84 Å². The number of rotatable bonds is 1. The summed E-state index contributed by atoms with van der Waals surface area (Å²) in [5.74, 6) is 0.695. The molecule has 1 atom stereocenters. The minimum atomic E-state index is -1.10. The fraction of sp³-hybridized carbons (Fsp3) is 0.143. The lowest BCUT2D eigenvalue weighted by Gasteiger charge is -2.21. The van der Waals surface area contributed by atoms with Gasteiger partial charge in [-0.2, -0.15) is 0 Å². The number of hydrogen-bond acceptors (Lipinski definition) is 2. The summed E-state index contributed by atoms with van der Waals surface area (Å²) >= 11 is 5.97. The molecule has 0 aromatic heterocycles. The predicted octanol–water partition coefficient (Wildman–Crippen LogP) is 2.97. The lowest BCUT2D eigenvalue weighted by Crippen LogP contribution is -2.28. The minimum absolute atomic E-state index is 0.229. The van der Waals surface area contributed by atoms with E-state index in [0.717, 1.165) is 11.1 Å². The van der Waals surface area contributed by atoms with Crippen molar-refractivity contribution in [2.45, 2.75) is 5.60 Å². The number of halogens is 1. The quantitative estimate of drug-likeness (QED) is 0.838. The van der Waals surface area contributed by atoms with Crippen LogP contribution in [0.4, 0.5) is 0 Å². The Labute approximate surface area is 104 Å². The van der Waals surface area contributed by atoms with Gasteiger partial charge in [0.2, 0.25) is 0 Å². The summed E-state index contributed by atoms with van der Waals surface area (Å²) in [7, 11) is 0. The van der Waals surface area contributed by atoms with Gasteiger partial charge in [0.15, 0.2) is 5.60 Å². The molecule has 3 heteroatoms. The van der Waals surface area contributed by atoms with Crippen molar-refractivity contribution in [2.24, 2.45) is 0 Å². The van der Waals surface area contributed by atoms with E-state index in [2.05, 4.69) is 0 Å². The summed E-state index contributed by atoms with van der Waals surface area (Å²) in [6.07, 6.45) is 0. The van der Waals surface area contributed by atoms with E-state index in [1.807, 2.05) is 30.3 Å². The molecule has 2 aromatic carbocycles. The molecule has 0 spiro atoms. The van der Waals surface area contributed by atoms with Crippen LogP contribution in [0.15, 0.2) is 48.5 Å². The van der Waals surface area contributed by atoms with Crippen LogP contribution in [0.2, 0.25) is 5.02 Å². The van der Waals surface area contributed by atoms with Gasteiger partial charge in [-0.05, 0) is 23.8 Å². The summed E-state index contributed by atoms with van der Waals surface area (Å²) in [6, 6.07) is 14.8. The molecule has 0 aliphatic carbocycles. The first-order valence-corrected chi connectivity index (χ1v) is 5.79. The average Bonchev–Trinajstić information content (AvgIpc) is 2.70. The predicted molar refractivity (Wildman–Crippen MR) is 66.4 cm³/mol. The zero-order chi connectivity index (χ0) is 11.9. The van der Waals surface area contributed by atoms with Crippen molar-refractivity contribution in [2.75, 3.05) is 6.61 Å². The molecular formula is C14H11ClO2. The van der Waals surface area contributed by atoms with Gasteiger partial charge in [-0.1, -0.05) is 41.9 Å². The van der Waals surface area contributed by atoms with E-state index in [9.17, 15) is 5.11 Å². The molecule has 0 fully saturated rings. The Morgan fingerprint density at radius 3 is 2.65 bits per heavy atom. The SMILES string of the molecule is O[C@@]1(c2ccccc2)COc2ccc(Cl)cc21. The van der Waals surface area contributed by atoms with Crippen LogP contribution in [0.1, 0.15) is 11.1 Å².